The maximum atomic E-state index is 12.4. The highest BCUT2D eigenvalue weighted by molar-refractivity contribution is 6.39. The van der Waals surface area contributed by atoms with Gasteiger partial charge in [0.15, 0.2) is 11.7 Å². The van der Waals surface area contributed by atoms with Crippen LogP contribution in [0.15, 0.2) is 41.0 Å². The largest absolute Gasteiger partial charge is 0.416 e. The number of nitrogens with two attached hydrogens (primary N) is 2. The highest BCUT2D eigenvalue weighted by Crippen LogP contribution is 2.28. The fraction of sp³-hybridized carbons (Fsp3) is 0.0714. The van der Waals surface area contributed by atoms with Gasteiger partial charge in [-0.25, -0.2) is 4.99 Å². The zero-order valence-electron chi connectivity index (χ0n) is 11.2. The van der Waals surface area contributed by atoms with Crippen molar-refractivity contribution in [3.05, 3.63) is 47.2 Å². The first-order chi connectivity index (χ1) is 10.2. The molecule has 0 aromatic heterocycles. The van der Waals surface area contributed by atoms with E-state index in [1.54, 1.807) is 0 Å². The minimum absolute atomic E-state index is 0.228. The Morgan fingerprint density at radius 1 is 1.18 bits per heavy atom. The van der Waals surface area contributed by atoms with Crippen molar-refractivity contribution in [2.45, 2.75) is 6.18 Å². The molecule has 8 heteroatoms. The molecule has 1 aromatic rings. The molecule has 1 rings (SSSR count). The molecule has 0 radical (unpaired) electrons. The van der Waals surface area contributed by atoms with Crippen LogP contribution in [0.1, 0.15) is 11.1 Å². The minimum atomic E-state index is -4.39. The van der Waals surface area contributed by atoms with Gasteiger partial charge >= 0.3 is 6.18 Å². The van der Waals surface area contributed by atoms with Crippen molar-refractivity contribution in [2.75, 3.05) is 0 Å². The summed E-state index contributed by atoms with van der Waals surface area (Å²) in [4.78, 5) is 3.56. The molecule has 0 saturated heterocycles. The van der Waals surface area contributed by atoms with Crippen LogP contribution < -0.4 is 11.5 Å². The van der Waals surface area contributed by atoms with Crippen LogP contribution in [0.2, 0.25) is 0 Å². The minimum Gasteiger partial charge on any atom is -0.404 e. The Morgan fingerprint density at radius 3 is 2.23 bits per heavy atom. The van der Waals surface area contributed by atoms with Gasteiger partial charge in [0.05, 0.1) is 11.1 Å². The molecule has 0 aliphatic rings. The number of nitrogens with zero attached hydrogens (tertiary/aromatic N) is 1. The van der Waals surface area contributed by atoms with Crippen molar-refractivity contribution in [3.8, 4) is 11.8 Å². The first-order valence-corrected chi connectivity index (χ1v) is 5.82. The van der Waals surface area contributed by atoms with Crippen molar-refractivity contribution < 1.29 is 13.2 Å². The number of hydrogen-bond acceptors (Lipinski definition) is 3. The number of benzene rings is 1. The molecule has 0 bridgehead atoms. The molecule has 0 aliphatic carbocycles. The molecular weight excluding hydrogens is 295 g/mol. The Balaban J connectivity index is 2.88. The molecule has 22 heavy (non-hydrogen) atoms. The van der Waals surface area contributed by atoms with Gasteiger partial charge in [-0.1, -0.05) is 11.8 Å². The first-order valence-electron chi connectivity index (χ1n) is 5.82. The smallest absolute Gasteiger partial charge is 0.404 e. The SMILES string of the molecule is N=C(N)C(=N)N=CC(C#Cc1ccc(C(F)(F)F)cc1)=CN. The molecule has 0 aliphatic heterocycles. The summed E-state index contributed by atoms with van der Waals surface area (Å²) < 4.78 is 37.2. The van der Waals surface area contributed by atoms with Gasteiger partial charge in [0.1, 0.15) is 0 Å². The van der Waals surface area contributed by atoms with Gasteiger partial charge in [-0.15, -0.1) is 0 Å². The third-order valence-electron chi connectivity index (χ3n) is 2.33. The lowest BCUT2D eigenvalue weighted by Gasteiger charge is -2.05. The number of halogens is 3. The maximum absolute atomic E-state index is 12.4. The second-order valence-corrected chi connectivity index (χ2v) is 3.97. The number of hydrogen-bond donors (Lipinski definition) is 4. The standard InChI is InChI=1S/C14H12F3N5/c15-14(16,17)11-5-3-9(4-6-11)1-2-10(7-18)8-22-13(21)12(19)20/h3-8,21H,18H2,(H3,19,20). The van der Waals surface area contributed by atoms with Crippen LogP contribution in [0, 0.1) is 22.7 Å². The van der Waals surface area contributed by atoms with Crippen molar-refractivity contribution in [1.82, 2.24) is 0 Å². The van der Waals surface area contributed by atoms with Gasteiger partial charge in [-0.2, -0.15) is 13.2 Å². The highest BCUT2D eigenvalue weighted by Gasteiger charge is 2.29. The maximum Gasteiger partial charge on any atom is 0.416 e. The summed E-state index contributed by atoms with van der Waals surface area (Å²) in [6.45, 7) is 0. The van der Waals surface area contributed by atoms with Crippen LogP contribution in [-0.4, -0.2) is 17.9 Å². The van der Waals surface area contributed by atoms with Gasteiger partial charge in [0.25, 0.3) is 0 Å². The van der Waals surface area contributed by atoms with E-state index < -0.39 is 23.4 Å². The van der Waals surface area contributed by atoms with Crippen LogP contribution >= 0.6 is 0 Å². The van der Waals surface area contributed by atoms with E-state index in [0.29, 0.717) is 5.56 Å². The zero-order valence-corrected chi connectivity index (χ0v) is 11.2. The van der Waals surface area contributed by atoms with E-state index in [1.807, 2.05) is 0 Å². The van der Waals surface area contributed by atoms with E-state index in [-0.39, 0.29) is 5.57 Å². The normalized spacial score (nSPS) is 11.9. The molecule has 5 nitrogen and oxygen atoms in total. The van der Waals surface area contributed by atoms with Crippen molar-refractivity contribution >= 4 is 17.9 Å². The molecule has 1 aromatic carbocycles. The second kappa shape index (κ2) is 7.08. The third kappa shape index (κ3) is 5.13. The van der Waals surface area contributed by atoms with E-state index >= 15 is 0 Å². The number of nitrogens with one attached hydrogen (secondary N) is 2. The van der Waals surface area contributed by atoms with Crippen LogP contribution in [-0.2, 0) is 6.18 Å². The zero-order chi connectivity index (χ0) is 16.8. The van der Waals surface area contributed by atoms with Crippen LogP contribution in [0.25, 0.3) is 0 Å². The average molecular weight is 307 g/mol. The number of amidine groups is 2. The Bertz CT molecular complexity index is 688. The lowest BCUT2D eigenvalue weighted by Crippen LogP contribution is -2.19. The molecule has 0 spiro atoms. The molecule has 0 fully saturated rings. The fourth-order valence-electron chi connectivity index (χ4n) is 1.21. The average Bonchev–Trinajstić information content (AvgIpc) is 2.46. The third-order valence-corrected chi connectivity index (χ3v) is 2.33. The van der Waals surface area contributed by atoms with Crippen molar-refractivity contribution in [1.29, 1.82) is 10.8 Å². The summed E-state index contributed by atoms with van der Waals surface area (Å²) in [6, 6.07) is 4.32. The van der Waals surface area contributed by atoms with Gasteiger partial charge in [0.2, 0.25) is 0 Å². The lowest BCUT2D eigenvalue weighted by molar-refractivity contribution is -0.137. The molecule has 0 heterocycles. The summed E-state index contributed by atoms with van der Waals surface area (Å²) in [5, 5.41) is 14.2. The van der Waals surface area contributed by atoms with Crippen molar-refractivity contribution in [2.24, 2.45) is 16.5 Å². The van der Waals surface area contributed by atoms with Gasteiger partial charge in [-0.05, 0) is 24.3 Å². The van der Waals surface area contributed by atoms with E-state index in [2.05, 4.69) is 16.8 Å². The Kier molecular flexibility index (Phi) is 5.46. The summed E-state index contributed by atoms with van der Waals surface area (Å²) >= 11 is 0. The predicted molar refractivity (Wildman–Crippen MR) is 78.7 cm³/mol. The topological polar surface area (TPSA) is 112 Å². The van der Waals surface area contributed by atoms with E-state index in [0.717, 1.165) is 24.5 Å². The van der Waals surface area contributed by atoms with Gasteiger partial charge < -0.3 is 11.5 Å². The number of aliphatic imine (C=N–C) groups is 1. The molecular formula is C14H12F3N5. The number of alkyl halides is 3. The van der Waals surface area contributed by atoms with E-state index in [4.69, 9.17) is 22.3 Å². The van der Waals surface area contributed by atoms with Gasteiger partial charge in [0, 0.05) is 18.0 Å². The number of allylic oxidation sites excluding steroid dienone is 1. The van der Waals surface area contributed by atoms with Crippen LogP contribution in [0.3, 0.4) is 0 Å². The predicted octanol–water partition coefficient (Wildman–Crippen LogP) is 1.88. The molecule has 0 unspecified atom stereocenters. The fourth-order valence-corrected chi connectivity index (χ4v) is 1.21. The number of rotatable bonds is 1. The molecule has 0 atom stereocenters. The quantitative estimate of drug-likeness (QED) is 0.361. The first kappa shape index (κ1) is 17.0. The van der Waals surface area contributed by atoms with E-state index in [9.17, 15) is 13.2 Å². The molecule has 0 amide bonds. The highest BCUT2D eigenvalue weighted by atomic mass is 19.4. The molecule has 114 valence electrons. The molecule has 6 N–H and O–H groups in total. The lowest BCUT2D eigenvalue weighted by atomic mass is 10.1. The van der Waals surface area contributed by atoms with Crippen molar-refractivity contribution in [3.63, 3.8) is 0 Å². The summed E-state index contributed by atoms with van der Waals surface area (Å²) in [7, 11) is 0. The Morgan fingerprint density at radius 2 is 1.77 bits per heavy atom. The Hall–Kier alpha value is -3.08. The summed E-state index contributed by atoms with van der Waals surface area (Å²) in [5.74, 6) is 4.24. The summed E-state index contributed by atoms with van der Waals surface area (Å²) in [6.07, 6.45) is -2.14. The van der Waals surface area contributed by atoms with Crippen LogP contribution in [0.4, 0.5) is 13.2 Å². The molecule has 0 saturated carbocycles. The van der Waals surface area contributed by atoms with E-state index in [1.165, 1.54) is 12.1 Å². The van der Waals surface area contributed by atoms with Gasteiger partial charge in [-0.3, -0.25) is 10.8 Å². The summed E-state index contributed by atoms with van der Waals surface area (Å²) in [5.41, 5.74) is 10.2. The second-order valence-electron chi connectivity index (χ2n) is 3.97. The monoisotopic (exact) mass is 307 g/mol. The van der Waals surface area contributed by atoms with Crippen LogP contribution in [0.5, 0.6) is 0 Å². The Labute approximate surface area is 124 Å².